The van der Waals surface area contributed by atoms with E-state index in [-0.39, 0.29) is 11.6 Å². The Hall–Kier alpha value is -1.79. The summed E-state index contributed by atoms with van der Waals surface area (Å²) < 4.78 is 11.6. The van der Waals surface area contributed by atoms with E-state index in [1.54, 1.807) is 0 Å². The maximum atomic E-state index is 6.15. The molecule has 0 bridgehead atoms. The second kappa shape index (κ2) is 8.93. The van der Waals surface area contributed by atoms with Gasteiger partial charge in [0.15, 0.2) is 5.96 Å². The lowest BCUT2D eigenvalue weighted by molar-refractivity contribution is 0.0220. The third-order valence-corrected chi connectivity index (χ3v) is 5.21. The van der Waals surface area contributed by atoms with Gasteiger partial charge in [-0.15, -0.1) is 0 Å². The predicted molar refractivity (Wildman–Crippen MR) is 109 cm³/mol. The Morgan fingerprint density at radius 1 is 1.30 bits per heavy atom. The molecule has 0 spiro atoms. The minimum absolute atomic E-state index is 0.182. The molecular weight excluding hydrogens is 340 g/mol. The summed E-state index contributed by atoms with van der Waals surface area (Å²) in [7, 11) is 0. The summed E-state index contributed by atoms with van der Waals surface area (Å²) >= 11 is 0. The summed E-state index contributed by atoms with van der Waals surface area (Å²) in [5.74, 6) is 1.83. The molecule has 27 heavy (non-hydrogen) atoms. The van der Waals surface area contributed by atoms with Crippen LogP contribution < -0.4 is 15.4 Å². The van der Waals surface area contributed by atoms with E-state index in [0.717, 1.165) is 57.5 Å². The normalized spacial score (nSPS) is 23.9. The van der Waals surface area contributed by atoms with Gasteiger partial charge in [0.1, 0.15) is 11.4 Å². The van der Waals surface area contributed by atoms with E-state index in [1.165, 1.54) is 5.56 Å². The Bertz CT molecular complexity index is 641. The van der Waals surface area contributed by atoms with Crippen LogP contribution >= 0.6 is 0 Å². The predicted octanol–water partition coefficient (Wildman–Crippen LogP) is 2.56. The van der Waals surface area contributed by atoms with Crippen molar-refractivity contribution in [3.8, 4) is 5.75 Å². The van der Waals surface area contributed by atoms with Gasteiger partial charge in [-0.05, 0) is 33.8 Å². The number of para-hydroxylation sites is 1. The summed E-state index contributed by atoms with van der Waals surface area (Å²) in [6.07, 6.45) is 0.896. The molecule has 2 unspecified atom stereocenters. The fraction of sp³-hybridized carbons (Fsp3) is 0.667. The van der Waals surface area contributed by atoms with E-state index in [9.17, 15) is 0 Å². The van der Waals surface area contributed by atoms with Gasteiger partial charge in [0.2, 0.25) is 0 Å². The number of aliphatic imine (C=N–C) groups is 1. The van der Waals surface area contributed by atoms with Crippen molar-refractivity contribution in [2.24, 2.45) is 4.99 Å². The van der Waals surface area contributed by atoms with Crippen molar-refractivity contribution < 1.29 is 9.47 Å². The Labute approximate surface area is 163 Å². The molecule has 1 fully saturated rings. The summed E-state index contributed by atoms with van der Waals surface area (Å²) in [6, 6.07) is 8.88. The second-order valence-electron chi connectivity index (χ2n) is 8.02. The highest BCUT2D eigenvalue weighted by molar-refractivity contribution is 5.80. The van der Waals surface area contributed by atoms with Gasteiger partial charge in [-0.25, -0.2) is 0 Å². The van der Waals surface area contributed by atoms with Crippen molar-refractivity contribution in [2.45, 2.75) is 51.8 Å². The first-order chi connectivity index (χ1) is 13.0. The zero-order chi connectivity index (χ0) is 19.3. The van der Waals surface area contributed by atoms with Crippen molar-refractivity contribution in [1.82, 2.24) is 15.5 Å². The maximum Gasteiger partial charge on any atom is 0.191 e. The van der Waals surface area contributed by atoms with Gasteiger partial charge < -0.3 is 20.1 Å². The molecule has 0 saturated carbocycles. The van der Waals surface area contributed by atoms with E-state index in [2.05, 4.69) is 61.4 Å². The lowest BCUT2D eigenvalue weighted by atomic mass is 9.90. The molecule has 2 heterocycles. The molecular formula is C21H34N4O2. The van der Waals surface area contributed by atoms with Crippen molar-refractivity contribution in [3.05, 3.63) is 29.8 Å². The lowest BCUT2D eigenvalue weighted by Crippen LogP contribution is -2.46. The number of rotatable bonds is 5. The molecule has 1 aromatic carbocycles. The number of hydrogen-bond donors (Lipinski definition) is 2. The van der Waals surface area contributed by atoms with Gasteiger partial charge in [0.25, 0.3) is 0 Å². The third kappa shape index (κ3) is 5.36. The van der Waals surface area contributed by atoms with Crippen LogP contribution in [0.5, 0.6) is 5.75 Å². The fourth-order valence-electron chi connectivity index (χ4n) is 3.77. The highest BCUT2D eigenvalue weighted by Gasteiger charge is 2.34. The monoisotopic (exact) mass is 374 g/mol. The zero-order valence-corrected chi connectivity index (χ0v) is 17.1. The number of morpholine rings is 1. The Kier molecular flexibility index (Phi) is 6.60. The molecule has 2 aliphatic heterocycles. The molecule has 0 aromatic heterocycles. The quantitative estimate of drug-likeness (QED) is 0.613. The van der Waals surface area contributed by atoms with Crippen LogP contribution in [-0.2, 0) is 4.74 Å². The smallest absolute Gasteiger partial charge is 0.191 e. The molecule has 0 amide bonds. The minimum Gasteiger partial charge on any atom is -0.487 e. The minimum atomic E-state index is -0.204. The van der Waals surface area contributed by atoms with Crippen LogP contribution in [0.4, 0.5) is 0 Å². The second-order valence-corrected chi connectivity index (χ2v) is 8.02. The van der Waals surface area contributed by atoms with Crippen LogP contribution in [-0.4, -0.2) is 61.9 Å². The van der Waals surface area contributed by atoms with Crippen LogP contribution in [0.3, 0.4) is 0 Å². The van der Waals surface area contributed by atoms with Gasteiger partial charge in [-0.1, -0.05) is 18.2 Å². The number of nitrogens with zero attached hydrogens (tertiary/aromatic N) is 2. The number of hydrogen-bond acceptors (Lipinski definition) is 4. The molecule has 1 saturated heterocycles. The van der Waals surface area contributed by atoms with E-state index in [0.29, 0.717) is 6.04 Å². The Morgan fingerprint density at radius 2 is 2.04 bits per heavy atom. The molecule has 2 atom stereocenters. The van der Waals surface area contributed by atoms with E-state index < -0.39 is 0 Å². The number of benzene rings is 1. The fourth-order valence-corrected chi connectivity index (χ4v) is 3.77. The average molecular weight is 375 g/mol. The highest BCUT2D eigenvalue weighted by Crippen LogP contribution is 2.39. The molecule has 6 nitrogen and oxygen atoms in total. The molecule has 1 aromatic rings. The SMILES string of the molecule is CCNC(=NCC(C)N1CCOCC1)NC1CC(C)(C)Oc2ccccc21. The van der Waals surface area contributed by atoms with Crippen LogP contribution in [0.1, 0.15) is 45.7 Å². The van der Waals surface area contributed by atoms with Gasteiger partial charge in [-0.2, -0.15) is 0 Å². The van der Waals surface area contributed by atoms with E-state index in [1.807, 2.05) is 6.07 Å². The molecule has 0 radical (unpaired) electrons. The highest BCUT2D eigenvalue weighted by atomic mass is 16.5. The van der Waals surface area contributed by atoms with Crippen LogP contribution in [0.2, 0.25) is 0 Å². The van der Waals surface area contributed by atoms with Crippen LogP contribution in [0.15, 0.2) is 29.3 Å². The number of ether oxygens (including phenoxy) is 2. The largest absolute Gasteiger partial charge is 0.487 e. The Balaban J connectivity index is 1.70. The first-order valence-corrected chi connectivity index (χ1v) is 10.1. The standard InChI is InChI=1S/C21H34N4O2/c1-5-22-20(23-15-16(2)25-10-12-26-13-11-25)24-18-14-21(3,4)27-19-9-7-6-8-17(18)19/h6-9,16,18H,5,10-15H2,1-4H3,(H2,22,23,24). The van der Waals surface area contributed by atoms with Gasteiger partial charge in [0.05, 0.1) is 25.8 Å². The van der Waals surface area contributed by atoms with E-state index >= 15 is 0 Å². The first-order valence-electron chi connectivity index (χ1n) is 10.1. The summed E-state index contributed by atoms with van der Waals surface area (Å²) in [5, 5.41) is 7.04. The lowest BCUT2D eigenvalue weighted by Gasteiger charge is -2.38. The summed E-state index contributed by atoms with van der Waals surface area (Å²) in [4.78, 5) is 7.32. The summed E-state index contributed by atoms with van der Waals surface area (Å²) in [6.45, 7) is 13.8. The van der Waals surface area contributed by atoms with Crippen LogP contribution in [0, 0.1) is 0 Å². The zero-order valence-electron chi connectivity index (χ0n) is 17.1. The number of fused-ring (bicyclic) bond motifs is 1. The van der Waals surface area contributed by atoms with Gasteiger partial charge in [-0.3, -0.25) is 9.89 Å². The van der Waals surface area contributed by atoms with Gasteiger partial charge >= 0.3 is 0 Å². The topological polar surface area (TPSA) is 58.1 Å². The van der Waals surface area contributed by atoms with Crippen LogP contribution in [0.25, 0.3) is 0 Å². The Morgan fingerprint density at radius 3 is 2.78 bits per heavy atom. The van der Waals surface area contributed by atoms with Crippen molar-refractivity contribution in [1.29, 1.82) is 0 Å². The van der Waals surface area contributed by atoms with Gasteiger partial charge in [0, 0.05) is 37.7 Å². The molecule has 150 valence electrons. The molecule has 3 rings (SSSR count). The molecule has 2 aliphatic rings. The molecule has 2 N–H and O–H groups in total. The van der Waals surface area contributed by atoms with Crippen molar-refractivity contribution in [2.75, 3.05) is 39.4 Å². The molecule has 0 aliphatic carbocycles. The molecule has 6 heteroatoms. The first kappa shape index (κ1) is 20.0. The number of guanidine groups is 1. The summed E-state index contributed by atoms with van der Waals surface area (Å²) in [5.41, 5.74) is 0.994. The maximum absolute atomic E-state index is 6.15. The van der Waals surface area contributed by atoms with E-state index in [4.69, 9.17) is 14.5 Å². The third-order valence-electron chi connectivity index (χ3n) is 5.21. The van der Waals surface area contributed by atoms with Crippen molar-refractivity contribution >= 4 is 5.96 Å². The number of nitrogens with one attached hydrogen (secondary N) is 2. The van der Waals surface area contributed by atoms with Crippen molar-refractivity contribution in [3.63, 3.8) is 0 Å². The average Bonchev–Trinajstić information content (AvgIpc) is 2.66.